The molecule has 0 saturated heterocycles. The van der Waals surface area contributed by atoms with E-state index in [0.717, 1.165) is 25.7 Å². The number of carbonyl (C=O) groups excluding carboxylic acids is 1. The van der Waals surface area contributed by atoms with E-state index in [0.29, 0.717) is 16.1 Å². The Morgan fingerprint density at radius 1 is 1.12 bits per heavy atom. The van der Waals surface area contributed by atoms with Crippen LogP contribution in [0.3, 0.4) is 0 Å². The Balaban J connectivity index is 0.000000254. The Bertz CT molecular complexity index is 740. The summed E-state index contributed by atoms with van der Waals surface area (Å²) in [4.78, 5) is 12.6. The summed E-state index contributed by atoms with van der Waals surface area (Å²) in [6.07, 6.45) is 5.42. The molecule has 3 N–H and O–H groups in total. The third-order valence-corrected chi connectivity index (χ3v) is 5.10. The topological polar surface area (TPSA) is 72.2 Å². The predicted molar refractivity (Wildman–Crippen MR) is 103 cm³/mol. The van der Waals surface area contributed by atoms with Crippen molar-refractivity contribution >= 4 is 22.6 Å². The maximum absolute atomic E-state index is 12.3. The number of nitrogens with two attached hydrogens (primary N) is 1. The quantitative estimate of drug-likeness (QED) is 0.837. The fourth-order valence-electron chi connectivity index (χ4n) is 2.86. The van der Waals surface area contributed by atoms with Crippen LogP contribution in [0.1, 0.15) is 37.7 Å². The minimum Gasteiger partial charge on any atom is -0.326 e. The molecular formula is C20H25FN2O2S. The molecule has 1 amide bonds. The van der Waals surface area contributed by atoms with Gasteiger partial charge in [0.1, 0.15) is 16.8 Å². The first-order valence-corrected chi connectivity index (χ1v) is 9.97. The van der Waals surface area contributed by atoms with E-state index in [1.165, 1.54) is 12.5 Å². The molecule has 0 spiro atoms. The van der Waals surface area contributed by atoms with Gasteiger partial charge in [-0.3, -0.25) is 4.79 Å². The summed E-state index contributed by atoms with van der Waals surface area (Å²) in [5.41, 5.74) is 1.37. The molecule has 0 aliphatic heterocycles. The average Bonchev–Trinajstić information content (AvgIpc) is 2.65. The van der Waals surface area contributed by atoms with Gasteiger partial charge in [-0.15, -0.1) is 0 Å². The molecule has 4 nitrogen and oxygen atoms in total. The number of amides is 1. The lowest BCUT2D eigenvalue weighted by atomic mass is 9.88. The zero-order valence-corrected chi connectivity index (χ0v) is 15.7. The summed E-state index contributed by atoms with van der Waals surface area (Å²) in [7, 11) is -1.51. The number of benzene rings is 2. The van der Waals surface area contributed by atoms with Gasteiger partial charge in [0.25, 0.3) is 0 Å². The van der Waals surface area contributed by atoms with Crippen molar-refractivity contribution in [3.63, 3.8) is 0 Å². The fraction of sp³-hybridized carbons (Fsp3) is 0.350. The van der Waals surface area contributed by atoms with Crippen LogP contribution >= 0.6 is 0 Å². The van der Waals surface area contributed by atoms with Crippen molar-refractivity contribution < 1.29 is 13.4 Å². The van der Waals surface area contributed by atoms with Gasteiger partial charge in [0, 0.05) is 11.6 Å². The van der Waals surface area contributed by atoms with Crippen molar-refractivity contribution in [3.05, 3.63) is 59.9 Å². The normalized spacial score (nSPS) is 15.5. The van der Waals surface area contributed by atoms with E-state index in [9.17, 15) is 13.4 Å². The zero-order chi connectivity index (χ0) is 18.9. The number of rotatable bonds is 3. The predicted octanol–water partition coefficient (Wildman–Crippen LogP) is 4.32. The van der Waals surface area contributed by atoms with E-state index in [4.69, 9.17) is 5.14 Å². The molecule has 6 heteroatoms. The first-order valence-electron chi connectivity index (χ1n) is 8.75. The van der Waals surface area contributed by atoms with Crippen LogP contribution in [0.4, 0.5) is 10.1 Å². The third-order valence-electron chi connectivity index (χ3n) is 4.39. The van der Waals surface area contributed by atoms with Crippen molar-refractivity contribution in [2.45, 2.75) is 43.9 Å². The van der Waals surface area contributed by atoms with Crippen molar-refractivity contribution in [2.75, 3.05) is 5.32 Å². The first kappa shape index (κ1) is 20.3. The first-order chi connectivity index (χ1) is 12.5. The second-order valence-electron chi connectivity index (χ2n) is 6.40. The number of carbonyl (C=O) groups is 1. The monoisotopic (exact) mass is 376 g/mol. The molecule has 1 fully saturated rings. The standard InChI is InChI=1S/C13H18N2O2S.C7H7F/c14-18(17)12-8-4-7-11(9-12)15-13(16)10-5-2-1-3-6-10;1-6-4-2-3-5-7(6)8/h4,7-10H,1-3,5-6,14H2,(H,15,16);2-5H,1H3. The molecule has 140 valence electrons. The molecule has 0 radical (unpaired) electrons. The maximum Gasteiger partial charge on any atom is 0.227 e. The van der Waals surface area contributed by atoms with Crippen molar-refractivity contribution in [3.8, 4) is 0 Å². The Hall–Kier alpha value is -2.05. The minimum absolute atomic E-state index is 0.0645. The highest BCUT2D eigenvalue weighted by molar-refractivity contribution is 7.82. The number of hydrogen-bond donors (Lipinski definition) is 2. The van der Waals surface area contributed by atoms with E-state index in [1.807, 2.05) is 6.07 Å². The highest BCUT2D eigenvalue weighted by Crippen LogP contribution is 2.25. The van der Waals surface area contributed by atoms with Gasteiger partial charge in [0.05, 0.1) is 4.90 Å². The van der Waals surface area contributed by atoms with Crippen LogP contribution in [0.15, 0.2) is 53.4 Å². The number of hydrogen-bond acceptors (Lipinski definition) is 2. The maximum atomic E-state index is 12.3. The zero-order valence-electron chi connectivity index (χ0n) is 14.9. The van der Waals surface area contributed by atoms with Crippen molar-refractivity contribution in [2.24, 2.45) is 11.1 Å². The molecule has 26 heavy (non-hydrogen) atoms. The van der Waals surface area contributed by atoms with Crippen molar-refractivity contribution in [1.82, 2.24) is 0 Å². The number of halogens is 1. The van der Waals surface area contributed by atoms with Crippen LogP contribution in [0, 0.1) is 18.7 Å². The van der Waals surface area contributed by atoms with Crippen LogP contribution in [0.25, 0.3) is 0 Å². The average molecular weight is 376 g/mol. The highest BCUT2D eigenvalue weighted by atomic mass is 32.2. The lowest BCUT2D eigenvalue weighted by Gasteiger charge is -2.20. The van der Waals surface area contributed by atoms with Crippen LogP contribution in [0.2, 0.25) is 0 Å². The Labute approximate surface area is 156 Å². The molecule has 1 unspecified atom stereocenters. The van der Waals surface area contributed by atoms with E-state index in [-0.39, 0.29) is 17.6 Å². The molecule has 3 rings (SSSR count). The summed E-state index contributed by atoms with van der Waals surface area (Å²) < 4.78 is 23.5. The SMILES string of the molecule is Cc1ccccc1F.NS(=O)c1cccc(NC(=O)C2CCCCC2)c1. The molecule has 0 aromatic heterocycles. The van der Waals surface area contributed by atoms with Gasteiger partial charge in [-0.05, 0) is 49.6 Å². The van der Waals surface area contributed by atoms with Gasteiger partial charge in [-0.1, -0.05) is 43.5 Å². The van der Waals surface area contributed by atoms with Gasteiger partial charge in [0.2, 0.25) is 5.91 Å². The number of nitrogens with one attached hydrogen (secondary N) is 1. The van der Waals surface area contributed by atoms with Crippen LogP contribution in [0.5, 0.6) is 0 Å². The summed E-state index contributed by atoms with van der Waals surface area (Å²) >= 11 is 0. The summed E-state index contributed by atoms with van der Waals surface area (Å²) in [5.74, 6) is 0.0490. The molecule has 1 atom stereocenters. The second kappa shape index (κ2) is 10.2. The molecule has 2 aromatic rings. The minimum atomic E-state index is -1.51. The Morgan fingerprint density at radius 3 is 2.38 bits per heavy atom. The van der Waals surface area contributed by atoms with E-state index < -0.39 is 11.0 Å². The Morgan fingerprint density at radius 2 is 1.81 bits per heavy atom. The van der Waals surface area contributed by atoms with Gasteiger partial charge in [-0.25, -0.2) is 13.7 Å². The van der Waals surface area contributed by atoms with Gasteiger partial charge in [0.15, 0.2) is 0 Å². The second-order valence-corrected chi connectivity index (χ2v) is 7.46. The Kier molecular flexibility index (Phi) is 7.94. The smallest absolute Gasteiger partial charge is 0.227 e. The molecule has 1 aliphatic rings. The molecular weight excluding hydrogens is 351 g/mol. The fourth-order valence-corrected chi connectivity index (χ4v) is 3.31. The van der Waals surface area contributed by atoms with Crippen LogP contribution in [-0.2, 0) is 15.8 Å². The molecule has 2 aromatic carbocycles. The number of aryl methyl sites for hydroxylation is 1. The van der Waals surface area contributed by atoms with E-state index >= 15 is 0 Å². The van der Waals surface area contributed by atoms with Gasteiger partial charge < -0.3 is 5.32 Å². The summed E-state index contributed by atoms with van der Waals surface area (Å²) in [6.45, 7) is 1.75. The van der Waals surface area contributed by atoms with Crippen molar-refractivity contribution in [1.29, 1.82) is 0 Å². The van der Waals surface area contributed by atoms with E-state index in [1.54, 1.807) is 43.3 Å². The number of anilines is 1. The molecule has 0 bridgehead atoms. The van der Waals surface area contributed by atoms with Gasteiger partial charge >= 0.3 is 0 Å². The highest BCUT2D eigenvalue weighted by Gasteiger charge is 2.21. The van der Waals surface area contributed by atoms with Crippen LogP contribution in [-0.4, -0.2) is 10.1 Å². The third kappa shape index (κ3) is 6.35. The summed E-state index contributed by atoms with van der Waals surface area (Å²) in [5, 5.41) is 8.19. The van der Waals surface area contributed by atoms with E-state index in [2.05, 4.69) is 5.32 Å². The largest absolute Gasteiger partial charge is 0.326 e. The van der Waals surface area contributed by atoms with Crippen LogP contribution < -0.4 is 10.5 Å². The lowest BCUT2D eigenvalue weighted by Crippen LogP contribution is -2.24. The van der Waals surface area contributed by atoms with Gasteiger partial charge in [-0.2, -0.15) is 0 Å². The molecule has 0 heterocycles. The summed E-state index contributed by atoms with van der Waals surface area (Å²) in [6, 6.07) is 13.6. The lowest BCUT2D eigenvalue weighted by molar-refractivity contribution is -0.120. The molecule has 1 saturated carbocycles. The molecule has 1 aliphatic carbocycles.